The zero-order valence-corrected chi connectivity index (χ0v) is 15.6. The molecule has 144 valence electrons. The van der Waals surface area contributed by atoms with Gasteiger partial charge in [-0.2, -0.15) is 0 Å². The van der Waals surface area contributed by atoms with Crippen molar-refractivity contribution in [3.63, 3.8) is 0 Å². The molecule has 8 heteroatoms. The predicted molar refractivity (Wildman–Crippen MR) is 99.4 cm³/mol. The molecule has 0 fully saturated rings. The Kier molecular flexibility index (Phi) is 6.74. The molecule has 1 aliphatic heterocycles. The van der Waals surface area contributed by atoms with Crippen LogP contribution in [0.15, 0.2) is 24.8 Å². The van der Waals surface area contributed by atoms with Gasteiger partial charge in [-0.05, 0) is 19.1 Å². The van der Waals surface area contributed by atoms with Crippen LogP contribution in [-0.2, 0) is 9.53 Å². The Morgan fingerprint density at radius 1 is 1.44 bits per heavy atom. The number of carbonyl (C=O) groups excluding carboxylic acids is 1. The van der Waals surface area contributed by atoms with E-state index in [-0.39, 0.29) is 28.6 Å². The van der Waals surface area contributed by atoms with Gasteiger partial charge in [-0.15, -0.1) is 0 Å². The fourth-order valence-corrected chi connectivity index (χ4v) is 2.81. The average Bonchev–Trinajstić information content (AvgIpc) is 3.00. The summed E-state index contributed by atoms with van der Waals surface area (Å²) in [5, 5.41) is -0.179. The number of nitrogens with zero attached hydrogens (tertiary/aromatic N) is 1. The molecule has 0 saturated carbocycles. The quantitative estimate of drug-likeness (QED) is 0.475. The number of halogens is 3. The fourth-order valence-electron chi connectivity index (χ4n) is 2.65. The van der Waals surface area contributed by atoms with Crippen molar-refractivity contribution in [3.8, 4) is 17.0 Å². The molecule has 2 heterocycles. The monoisotopic (exact) mass is 396 g/mol. The van der Waals surface area contributed by atoms with Crippen LogP contribution in [0.4, 0.5) is 8.78 Å². The van der Waals surface area contributed by atoms with Crippen molar-refractivity contribution >= 4 is 23.8 Å². The van der Waals surface area contributed by atoms with E-state index in [4.69, 9.17) is 25.9 Å². The van der Waals surface area contributed by atoms with E-state index in [1.165, 1.54) is 6.07 Å². The van der Waals surface area contributed by atoms with Gasteiger partial charge in [-0.3, -0.25) is 4.79 Å². The lowest BCUT2D eigenvalue weighted by atomic mass is 9.99. The first kappa shape index (κ1) is 20.6. The zero-order chi connectivity index (χ0) is 20.1. The number of fused-ring (bicyclic) bond motifs is 1. The fraction of sp³-hybridized carbons (Fsp3) is 0.263. The third-order valence-corrected chi connectivity index (χ3v) is 4.17. The molecular formula is C19H19ClF2N2O3. The molecule has 0 bridgehead atoms. The van der Waals surface area contributed by atoms with Gasteiger partial charge in [0, 0.05) is 23.1 Å². The van der Waals surface area contributed by atoms with E-state index >= 15 is 0 Å². The van der Waals surface area contributed by atoms with E-state index in [0.29, 0.717) is 30.4 Å². The van der Waals surface area contributed by atoms with Crippen molar-refractivity contribution < 1.29 is 23.0 Å². The molecular weight excluding hydrogens is 378 g/mol. The molecule has 1 atom stereocenters. The number of hydrogen-bond acceptors (Lipinski definition) is 4. The molecule has 1 aromatic carbocycles. The number of benzene rings is 1. The summed E-state index contributed by atoms with van der Waals surface area (Å²) >= 11 is 5.81. The maximum atomic E-state index is 14.3. The van der Waals surface area contributed by atoms with Crippen molar-refractivity contribution in [1.82, 2.24) is 4.98 Å². The first-order valence-electron chi connectivity index (χ1n) is 8.14. The van der Waals surface area contributed by atoms with Gasteiger partial charge in [-0.25, -0.2) is 13.8 Å². The van der Waals surface area contributed by atoms with E-state index in [2.05, 4.69) is 17.3 Å². The van der Waals surface area contributed by atoms with Gasteiger partial charge >= 0.3 is 0 Å². The molecule has 2 aromatic rings. The molecule has 5 nitrogen and oxygen atoms in total. The Bertz CT molecular complexity index is 875. The Morgan fingerprint density at radius 3 is 2.74 bits per heavy atom. The summed E-state index contributed by atoms with van der Waals surface area (Å²) in [5.74, 6) is -0.590. The van der Waals surface area contributed by atoms with Crippen LogP contribution in [-0.4, -0.2) is 24.6 Å². The van der Waals surface area contributed by atoms with E-state index in [9.17, 15) is 8.78 Å². The standard InChI is InChI=1S/C18H16ClF2NO2.CH3NO/c1-4-23-10(3)16-6-11-9(2)8-24-18(11)17(22-16)12-5-13(19)15(21)7-14(12)20;2-1-3/h5-7,9H,3-4,8H2,1-2H3;1H,(H2,2,3). The smallest absolute Gasteiger partial charge is 0.204 e. The molecule has 0 radical (unpaired) electrons. The highest BCUT2D eigenvalue weighted by atomic mass is 35.5. The maximum Gasteiger partial charge on any atom is 0.204 e. The summed E-state index contributed by atoms with van der Waals surface area (Å²) in [4.78, 5) is 13.0. The number of hydrogen-bond donors (Lipinski definition) is 1. The highest BCUT2D eigenvalue weighted by molar-refractivity contribution is 6.31. The van der Waals surface area contributed by atoms with Crippen LogP contribution in [0, 0.1) is 11.6 Å². The van der Waals surface area contributed by atoms with Crippen molar-refractivity contribution in [2.45, 2.75) is 19.8 Å². The van der Waals surface area contributed by atoms with E-state index < -0.39 is 11.6 Å². The summed E-state index contributed by atoms with van der Waals surface area (Å²) in [5.41, 5.74) is 5.89. The van der Waals surface area contributed by atoms with Crippen LogP contribution in [0.5, 0.6) is 5.75 Å². The SMILES string of the molecule is C=C(OCC)c1cc2c(c(-c3cc(Cl)c(F)cc3F)n1)OCC2C.NC=O. The van der Waals surface area contributed by atoms with Crippen molar-refractivity contribution in [1.29, 1.82) is 0 Å². The average molecular weight is 397 g/mol. The molecule has 0 aliphatic carbocycles. The molecule has 1 unspecified atom stereocenters. The van der Waals surface area contributed by atoms with Crippen LogP contribution in [0.1, 0.15) is 31.0 Å². The largest absolute Gasteiger partial charge is 0.492 e. The van der Waals surface area contributed by atoms with Gasteiger partial charge < -0.3 is 15.2 Å². The van der Waals surface area contributed by atoms with Gasteiger partial charge in [0.15, 0.2) is 0 Å². The number of rotatable bonds is 4. The second kappa shape index (κ2) is 8.81. The van der Waals surface area contributed by atoms with Crippen LogP contribution >= 0.6 is 11.6 Å². The summed E-state index contributed by atoms with van der Waals surface area (Å²) in [6.07, 6.45) is 0.250. The van der Waals surface area contributed by atoms with E-state index in [1.54, 1.807) is 0 Å². The van der Waals surface area contributed by atoms with Gasteiger partial charge in [0.05, 0.1) is 18.2 Å². The number of amides is 1. The second-order valence-electron chi connectivity index (χ2n) is 5.72. The third kappa shape index (κ3) is 4.36. The van der Waals surface area contributed by atoms with E-state index in [1.807, 2.05) is 19.9 Å². The highest BCUT2D eigenvalue weighted by Gasteiger charge is 2.28. The summed E-state index contributed by atoms with van der Waals surface area (Å²) in [6.45, 7) is 8.59. The molecule has 27 heavy (non-hydrogen) atoms. The minimum absolute atomic E-state index is 0.0814. The normalized spacial score (nSPS) is 14.5. The Labute approximate surface area is 160 Å². The minimum atomic E-state index is -0.821. The molecule has 1 aromatic heterocycles. The van der Waals surface area contributed by atoms with E-state index in [0.717, 1.165) is 11.6 Å². The molecule has 0 spiro atoms. The lowest BCUT2D eigenvalue weighted by molar-refractivity contribution is -0.106. The first-order chi connectivity index (χ1) is 12.8. The Morgan fingerprint density at radius 2 is 2.11 bits per heavy atom. The summed E-state index contributed by atoms with van der Waals surface area (Å²) < 4.78 is 38.9. The lowest BCUT2D eigenvalue weighted by Gasteiger charge is -2.13. The number of pyridine rings is 1. The third-order valence-electron chi connectivity index (χ3n) is 3.88. The van der Waals surface area contributed by atoms with Gasteiger partial charge in [0.2, 0.25) is 6.41 Å². The zero-order valence-electron chi connectivity index (χ0n) is 14.9. The first-order valence-corrected chi connectivity index (χ1v) is 8.51. The molecule has 2 N–H and O–H groups in total. The second-order valence-corrected chi connectivity index (χ2v) is 6.13. The Hall–Kier alpha value is -2.67. The van der Waals surface area contributed by atoms with Gasteiger partial charge in [0.1, 0.15) is 34.5 Å². The number of nitrogens with two attached hydrogens (primary N) is 1. The minimum Gasteiger partial charge on any atom is -0.492 e. The van der Waals surface area contributed by atoms with Gasteiger partial charge in [-0.1, -0.05) is 25.1 Å². The van der Waals surface area contributed by atoms with Crippen molar-refractivity contribution in [3.05, 3.63) is 52.7 Å². The number of carbonyl (C=O) groups is 1. The number of ether oxygens (including phenoxy) is 2. The lowest BCUT2D eigenvalue weighted by Crippen LogP contribution is -2.00. The molecule has 0 saturated heterocycles. The van der Waals surface area contributed by atoms with Crippen molar-refractivity contribution in [2.24, 2.45) is 5.73 Å². The van der Waals surface area contributed by atoms with Crippen molar-refractivity contribution in [2.75, 3.05) is 13.2 Å². The van der Waals surface area contributed by atoms with Crippen LogP contribution in [0.25, 0.3) is 17.0 Å². The van der Waals surface area contributed by atoms with Crippen LogP contribution < -0.4 is 10.5 Å². The number of primary amides is 1. The maximum absolute atomic E-state index is 14.3. The molecule has 1 amide bonds. The van der Waals surface area contributed by atoms with Crippen LogP contribution in [0.3, 0.4) is 0 Å². The summed E-state index contributed by atoms with van der Waals surface area (Å²) in [6, 6.07) is 3.79. The Balaban J connectivity index is 0.000000817. The number of aromatic nitrogens is 1. The predicted octanol–water partition coefficient (Wildman–Crippen LogP) is 4.28. The van der Waals surface area contributed by atoms with Gasteiger partial charge in [0.25, 0.3) is 0 Å². The summed E-state index contributed by atoms with van der Waals surface area (Å²) in [7, 11) is 0. The molecule has 3 rings (SSSR count). The van der Waals surface area contributed by atoms with Crippen LogP contribution in [0.2, 0.25) is 5.02 Å². The molecule has 1 aliphatic rings. The topological polar surface area (TPSA) is 74.4 Å². The highest BCUT2D eigenvalue weighted by Crippen LogP contribution is 2.43.